The Balaban J connectivity index is 1.46. The number of nitrogens with one attached hydrogen (secondary N) is 1. The standard InChI is InChI=1S/C19H18N4O2/c24-18-8-4-7-14-15(18)9-10-16(14)20-19(25)17-12-23(22-21-17)11-13-5-2-1-3-6-13/h1-8,12,16,24H,9-11H2,(H,20,25)/t16-/m0/s1. The summed E-state index contributed by atoms with van der Waals surface area (Å²) >= 11 is 0. The average Bonchev–Trinajstić information content (AvgIpc) is 3.24. The number of carbonyl (C=O) groups excluding carboxylic acids is 1. The van der Waals surface area contributed by atoms with Crippen molar-refractivity contribution in [3.05, 3.63) is 77.1 Å². The molecule has 6 nitrogen and oxygen atoms in total. The number of phenols is 1. The fourth-order valence-electron chi connectivity index (χ4n) is 3.27. The van der Waals surface area contributed by atoms with Gasteiger partial charge in [0.1, 0.15) is 5.75 Å². The van der Waals surface area contributed by atoms with Crippen LogP contribution in [0.1, 0.15) is 39.6 Å². The largest absolute Gasteiger partial charge is 0.508 e. The van der Waals surface area contributed by atoms with Crippen LogP contribution in [0.2, 0.25) is 0 Å². The fraction of sp³-hybridized carbons (Fsp3) is 0.211. The van der Waals surface area contributed by atoms with Crippen molar-refractivity contribution < 1.29 is 9.90 Å². The molecule has 0 bridgehead atoms. The lowest BCUT2D eigenvalue weighted by Crippen LogP contribution is -2.27. The molecule has 0 aliphatic heterocycles. The third-order valence-electron chi connectivity index (χ3n) is 4.51. The van der Waals surface area contributed by atoms with Gasteiger partial charge in [-0.25, -0.2) is 4.68 Å². The van der Waals surface area contributed by atoms with E-state index in [2.05, 4.69) is 15.6 Å². The number of carbonyl (C=O) groups is 1. The van der Waals surface area contributed by atoms with Crippen LogP contribution in [0.5, 0.6) is 5.75 Å². The molecule has 2 aromatic carbocycles. The monoisotopic (exact) mass is 334 g/mol. The average molecular weight is 334 g/mol. The summed E-state index contributed by atoms with van der Waals surface area (Å²) in [6, 6.07) is 15.2. The van der Waals surface area contributed by atoms with Crippen LogP contribution in [0.25, 0.3) is 0 Å². The zero-order valence-corrected chi connectivity index (χ0v) is 13.6. The quantitative estimate of drug-likeness (QED) is 0.768. The van der Waals surface area contributed by atoms with Crippen molar-refractivity contribution in [2.24, 2.45) is 0 Å². The van der Waals surface area contributed by atoms with Crippen molar-refractivity contribution in [2.45, 2.75) is 25.4 Å². The third-order valence-corrected chi connectivity index (χ3v) is 4.51. The van der Waals surface area contributed by atoms with E-state index in [1.165, 1.54) is 0 Å². The molecule has 2 N–H and O–H groups in total. The highest BCUT2D eigenvalue weighted by atomic mass is 16.3. The summed E-state index contributed by atoms with van der Waals surface area (Å²) in [4.78, 5) is 12.5. The van der Waals surface area contributed by atoms with E-state index in [9.17, 15) is 9.90 Å². The molecule has 0 spiro atoms. The number of rotatable bonds is 4. The molecule has 3 aromatic rings. The van der Waals surface area contributed by atoms with Gasteiger partial charge in [0.2, 0.25) is 0 Å². The lowest BCUT2D eigenvalue weighted by molar-refractivity contribution is 0.0931. The van der Waals surface area contributed by atoms with Gasteiger partial charge in [-0.05, 0) is 35.6 Å². The summed E-state index contributed by atoms with van der Waals surface area (Å²) in [5.41, 5.74) is 3.29. The summed E-state index contributed by atoms with van der Waals surface area (Å²) in [6.07, 6.45) is 3.19. The van der Waals surface area contributed by atoms with Gasteiger partial charge >= 0.3 is 0 Å². The lowest BCUT2D eigenvalue weighted by Gasteiger charge is -2.13. The molecule has 0 fully saturated rings. The highest BCUT2D eigenvalue weighted by Gasteiger charge is 2.26. The maximum absolute atomic E-state index is 12.5. The molecule has 4 rings (SSSR count). The molecule has 0 saturated carbocycles. The Morgan fingerprint density at radius 1 is 1.20 bits per heavy atom. The summed E-state index contributed by atoms with van der Waals surface area (Å²) in [7, 11) is 0. The van der Waals surface area contributed by atoms with Crippen molar-refractivity contribution >= 4 is 5.91 Å². The number of phenolic OH excluding ortho intramolecular Hbond substituents is 1. The van der Waals surface area contributed by atoms with Crippen molar-refractivity contribution in [3.8, 4) is 5.75 Å². The maximum atomic E-state index is 12.5. The number of amides is 1. The summed E-state index contributed by atoms with van der Waals surface area (Å²) in [5.74, 6) is 0.0450. The molecule has 0 saturated heterocycles. The van der Waals surface area contributed by atoms with Gasteiger partial charge in [-0.3, -0.25) is 4.79 Å². The Morgan fingerprint density at radius 3 is 2.88 bits per heavy atom. The van der Waals surface area contributed by atoms with Crippen LogP contribution < -0.4 is 5.32 Å². The van der Waals surface area contributed by atoms with E-state index >= 15 is 0 Å². The molecule has 1 aliphatic carbocycles. The topological polar surface area (TPSA) is 80.0 Å². The summed E-state index contributed by atoms with van der Waals surface area (Å²) in [6.45, 7) is 0.571. The van der Waals surface area contributed by atoms with E-state index in [-0.39, 0.29) is 11.9 Å². The number of aromatic nitrogens is 3. The van der Waals surface area contributed by atoms with E-state index in [1.54, 1.807) is 23.0 Å². The first kappa shape index (κ1) is 15.4. The molecule has 1 amide bonds. The Morgan fingerprint density at radius 2 is 2.04 bits per heavy atom. The number of hydrogen-bond donors (Lipinski definition) is 2. The highest BCUT2D eigenvalue weighted by molar-refractivity contribution is 5.92. The van der Waals surface area contributed by atoms with Crippen molar-refractivity contribution in [1.29, 1.82) is 0 Å². The Kier molecular flexibility index (Phi) is 3.93. The van der Waals surface area contributed by atoms with E-state index in [0.717, 1.165) is 29.5 Å². The smallest absolute Gasteiger partial charge is 0.273 e. The second-order valence-electron chi connectivity index (χ2n) is 6.20. The minimum absolute atomic E-state index is 0.103. The van der Waals surface area contributed by atoms with E-state index < -0.39 is 0 Å². The minimum atomic E-state index is -0.250. The molecule has 1 aromatic heterocycles. The number of aromatic hydroxyl groups is 1. The summed E-state index contributed by atoms with van der Waals surface area (Å²) < 4.78 is 1.65. The lowest BCUT2D eigenvalue weighted by atomic mass is 10.1. The molecule has 25 heavy (non-hydrogen) atoms. The molecule has 0 radical (unpaired) electrons. The third kappa shape index (κ3) is 3.10. The van der Waals surface area contributed by atoms with Gasteiger partial charge in [0, 0.05) is 0 Å². The zero-order valence-electron chi connectivity index (χ0n) is 13.6. The normalized spacial score (nSPS) is 15.8. The number of fused-ring (bicyclic) bond motifs is 1. The molecule has 1 atom stereocenters. The minimum Gasteiger partial charge on any atom is -0.508 e. The number of nitrogens with zero attached hydrogens (tertiary/aromatic N) is 3. The highest BCUT2D eigenvalue weighted by Crippen LogP contribution is 2.36. The number of benzene rings is 2. The van der Waals surface area contributed by atoms with Crippen LogP contribution in [0, 0.1) is 0 Å². The predicted molar refractivity (Wildman–Crippen MR) is 92.2 cm³/mol. The van der Waals surface area contributed by atoms with Gasteiger partial charge < -0.3 is 10.4 Å². The number of hydrogen-bond acceptors (Lipinski definition) is 4. The van der Waals surface area contributed by atoms with Crippen LogP contribution in [0.4, 0.5) is 0 Å². The Hall–Kier alpha value is -3.15. The first-order valence-corrected chi connectivity index (χ1v) is 8.26. The second-order valence-corrected chi connectivity index (χ2v) is 6.20. The zero-order chi connectivity index (χ0) is 17.2. The Bertz CT molecular complexity index is 905. The molecular weight excluding hydrogens is 316 g/mol. The van der Waals surface area contributed by atoms with Gasteiger partial charge in [0.15, 0.2) is 5.69 Å². The fourth-order valence-corrected chi connectivity index (χ4v) is 3.27. The first-order chi connectivity index (χ1) is 12.2. The van der Waals surface area contributed by atoms with Crippen LogP contribution in [-0.2, 0) is 13.0 Å². The molecule has 1 aliphatic rings. The van der Waals surface area contributed by atoms with Crippen LogP contribution in [-0.4, -0.2) is 26.0 Å². The van der Waals surface area contributed by atoms with E-state index in [1.807, 2.05) is 36.4 Å². The van der Waals surface area contributed by atoms with Gasteiger partial charge in [-0.15, -0.1) is 5.10 Å². The van der Waals surface area contributed by atoms with Gasteiger partial charge in [0.25, 0.3) is 5.91 Å². The van der Waals surface area contributed by atoms with Crippen LogP contribution in [0.3, 0.4) is 0 Å². The molecule has 1 heterocycles. The SMILES string of the molecule is O=C(N[C@H]1CCc2c(O)cccc21)c1cn(Cc2ccccc2)nn1. The summed E-state index contributed by atoms with van der Waals surface area (Å²) in [5, 5.41) is 20.9. The van der Waals surface area contributed by atoms with E-state index in [0.29, 0.717) is 18.0 Å². The second kappa shape index (κ2) is 6.39. The first-order valence-electron chi connectivity index (χ1n) is 8.26. The molecule has 126 valence electrons. The van der Waals surface area contributed by atoms with Crippen LogP contribution in [0.15, 0.2) is 54.7 Å². The predicted octanol–water partition coefficient (Wildman–Crippen LogP) is 2.45. The van der Waals surface area contributed by atoms with Crippen molar-refractivity contribution in [1.82, 2.24) is 20.3 Å². The van der Waals surface area contributed by atoms with Gasteiger partial charge in [-0.2, -0.15) is 0 Å². The molecular formula is C19H18N4O2. The maximum Gasteiger partial charge on any atom is 0.273 e. The van der Waals surface area contributed by atoms with Gasteiger partial charge in [-0.1, -0.05) is 47.7 Å². The molecule has 0 unspecified atom stereocenters. The van der Waals surface area contributed by atoms with Crippen molar-refractivity contribution in [3.63, 3.8) is 0 Å². The van der Waals surface area contributed by atoms with E-state index in [4.69, 9.17) is 0 Å². The Labute approximate surface area is 145 Å². The van der Waals surface area contributed by atoms with Gasteiger partial charge in [0.05, 0.1) is 18.8 Å². The molecule has 6 heteroatoms. The van der Waals surface area contributed by atoms with Crippen LogP contribution >= 0.6 is 0 Å². The van der Waals surface area contributed by atoms with Crippen molar-refractivity contribution in [2.75, 3.05) is 0 Å².